The van der Waals surface area contributed by atoms with E-state index in [2.05, 4.69) is 20.3 Å². The van der Waals surface area contributed by atoms with Crippen LogP contribution in [0.25, 0.3) is 21.9 Å². The molecule has 1 fully saturated rings. The fourth-order valence-electron chi connectivity index (χ4n) is 4.91. The second-order valence-electron chi connectivity index (χ2n) is 10.5. The lowest BCUT2D eigenvalue weighted by atomic mass is 10.1. The Morgan fingerprint density at radius 3 is 2.67 bits per heavy atom. The predicted molar refractivity (Wildman–Crippen MR) is 155 cm³/mol. The van der Waals surface area contributed by atoms with Crippen LogP contribution in [0.3, 0.4) is 0 Å². The number of amides is 2. The van der Waals surface area contributed by atoms with Gasteiger partial charge in [-0.2, -0.15) is 5.10 Å². The van der Waals surface area contributed by atoms with Crippen LogP contribution in [0.2, 0.25) is 0 Å². The molecular weight excluding hydrogens is 506 g/mol. The molecule has 1 saturated heterocycles. The average Bonchev–Trinajstić information content (AvgIpc) is 3.59. The third-order valence-corrected chi connectivity index (χ3v) is 7.09. The summed E-state index contributed by atoms with van der Waals surface area (Å²) >= 11 is 0. The monoisotopic (exact) mass is 541 g/mol. The minimum Gasteiger partial charge on any atom is -0.494 e. The molecule has 2 aromatic carbocycles. The van der Waals surface area contributed by atoms with E-state index in [0.29, 0.717) is 37.2 Å². The second-order valence-corrected chi connectivity index (χ2v) is 10.5. The van der Waals surface area contributed by atoms with E-state index >= 15 is 0 Å². The SMILES string of the molecule is CN(C)CCCOc1ccc2cc(C(=O)N3CC[C@@H](NC(=O)c4cc(-c5cnn(C)c5)cnc4N)C3)ccc2c1. The highest BCUT2D eigenvalue weighted by atomic mass is 16.5. The number of hydrogen-bond donors (Lipinski definition) is 2. The van der Waals surface area contributed by atoms with Gasteiger partial charge in [0.25, 0.3) is 11.8 Å². The van der Waals surface area contributed by atoms with Crippen LogP contribution in [0.1, 0.15) is 33.6 Å². The van der Waals surface area contributed by atoms with Gasteiger partial charge in [-0.1, -0.05) is 12.1 Å². The Bertz CT molecular complexity index is 1530. The van der Waals surface area contributed by atoms with Crippen molar-refractivity contribution in [3.8, 4) is 16.9 Å². The Kier molecular flexibility index (Phi) is 7.97. The predicted octanol–water partition coefficient (Wildman–Crippen LogP) is 3.19. The number of anilines is 1. The molecule has 0 radical (unpaired) electrons. The molecule has 208 valence electrons. The van der Waals surface area contributed by atoms with Crippen molar-refractivity contribution in [1.29, 1.82) is 0 Å². The minimum absolute atomic E-state index is 0.0533. The van der Waals surface area contributed by atoms with Gasteiger partial charge in [-0.3, -0.25) is 14.3 Å². The molecule has 0 unspecified atom stereocenters. The number of likely N-dealkylation sites (tertiary alicyclic amines) is 1. The van der Waals surface area contributed by atoms with Gasteiger partial charge in [0.2, 0.25) is 0 Å². The average molecular weight is 542 g/mol. The Hall–Kier alpha value is -4.44. The van der Waals surface area contributed by atoms with E-state index in [9.17, 15) is 9.59 Å². The van der Waals surface area contributed by atoms with Crippen molar-refractivity contribution in [2.24, 2.45) is 7.05 Å². The van der Waals surface area contributed by atoms with Gasteiger partial charge in [0.1, 0.15) is 11.6 Å². The number of rotatable bonds is 9. The van der Waals surface area contributed by atoms with Crippen molar-refractivity contribution in [2.45, 2.75) is 18.9 Å². The number of carbonyl (C=O) groups is 2. The smallest absolute Gasteiger partial charge is 0.255 e. The molecule has 2 amide bonds. The summed E-state index contributed by atoms with van der Waals surface area (Å²) in [6.07, 6.45) is 6.81. The van der Waals surface area contributed by atoms with Crippen LogP contribution >= 0.6 is 0 Å². The van der Waals surface area contributed by atoms with Gasteiger partial charge in [-0.15, -0.1) is 0 Å². The molecule has 40 heavy (non-hydrogen) atoms. The standard InChI is InChI=1S/C30H35N7O3/c1-35(2)10-4-12-40-26-8-7-20-13-22(6-5-21(20)14-26)30(39)37-11-9-25(19-37)34-29(38)27-15-23(16-32-28(27)31)24-17-33-36(3)18-24/h5-8,13-18,25H,4,9-12,19H2,1-3H3,(H2,31,32)(H,34,38)/t25-/m1/s1. The van der Waals surface area contributed by atoms with E-state index in [0.717, 1.165) is 40.6 Å². The molecule has 10 heteroatoms. The zero-order valence-corrected chi connectivity index (χ0v) is 23.1. The molecule has 0 saturated carbocycles. The van der Waals surface area contributed by atoms with Gasteiger partial charge in [0.15, 0.2) is 0 Å². The maximum absolute atomic E-state index is 13.3. The number of nitrogens with zero attached hydrogens (tertiary/aromatic N) is 5. The summed E-state index contributed by atoms with van der Waals surface area (Å²) in [5.41, 5.74) is 8.56. The molecule has 10 nitrogen and oxygen atoms in total. The van der Waals surface area contributed by atoms with Crippen molar-refractivity contribution in [1.82, 2.24) is 29.9 Å². The Morgan fingerprint density at radius 2 is 1.90 bits per heavy atom. The molecule has 0 spiro atoms. The number of nitrogens with two attached hydrogens (primary N) is 1. The number of nitrogen functional groups attached to an aromatic ring is 1. The fourth-order valence-corrected chi connectivity index (χ4v) is 4.91. The minimum atomic E-state index is -0.305. The van der Waals surface area contributed by atoms with Gasteiger partial charge in [-0.05, 0) is 68.0 Å². The first-order chi connectivity index (χ1) is 19.3. The third kappa shape index (κ3) is 6.23. The Morgan fingerprint density at radius 1 is 1.10 bits per heavy atom. The van der Waals surface area contributed by atoms with Crippen molar-refractivity contribution in [3.05, 3.63) is 72.2 Å². The number of aromatic nitrogens is 3. The van der Waals surface area contributed by atoms with Crippen LogP contribution in [0.15, 0.2) is 61.1 Å². The highest BCUT2D eigenvalue weighted by Crippen LogP contribution is 2.25. The maximum atomic E-state index is 13.3. The number of nitrogens with one attached hydrogen (secondary N) is 1. The highest BCUT2D eigenvalue weighted by Gasteiger charge is 2.29. The lowest BCUT2D eigenvalue weighted by Gasteiger charge is -2.18. The summed E-state index contributed by atoms with van der Waals surface area (Å²) in [5.74, 6) is 0.627. The summed E-state index contributed by atoms with van der Waals surface area (Å²) in [6.45, 7) is 2.62. The lowest BCUT2D eigenvalue weighted by Crippen LogP contribution is -2.38. The maximum Gasteiger partial charge on any atom is 0.255 e. The van der Waals surface area contributed by atoms with Crippen LogP contribution < -0.4 is 15.8 Å². The van der Waals surface area contributed by atoms with E-state index in [1.807, 2.05) is 63.7 Å². The number of carbonyl (C=O) groups excluding carboxylic acids is 2. The number of ether oxygens (including phenoxy) is 1. The fraction of sp³-hybridized carbons (Fsp3) is 0.333. The van der Waals surface area contributed by atoms with Gasteiger partial charge in [0, 0.05) is 61.8 Å². The van der Waals surface area contributed by atoms with Gasteiger partial charge < -0.3 is 25.6 Å². The molecular formula is C30H35N7O3. The third-order valence-electron chi connectivity index (χ3n) is 7.09. The largest absolute Gasteiger partial charge is 0.494 e. The highest BCUT2D eigenvalue weighted by molar-refractivity contribution is 6.00. The molecule has 2 aromatic heterocycles. The van der Waals surface area contributed by atoms with Crippen LogP contribution in [0, 0.1) is 0 Å². The first-order valence-electron chi connectivity index (χ1n) is 13.4. The molecule has 3 N–H and O–H groups in total. The van der Waals surface area contributed by atoms with E-state index in [1.54, 1.807) is 28.0 Å². The number of pyridine rings is 1. The van der Waals surface area contributed by atoms with Gasteiger partial charge >= 0.3 is 0 Å². The van der Waals surface area contributed by atoms with Crippen molar-refractivity contribution in [3.63, 3.8) is 0 Å². The van der Waals surface area contributed by atoms with Crippen LogP contribution in [-0.4, -0.2) is 82.8 Å². The lowest BCUT2D eigenvalue weighted by molar-refractivity contribution is 0.0783. The molecule has 0 bridgehead atoms. The quantitative estimate of drug-likeness (QED) is 0.313. The molecule has 4 aromatic rings. The van der Waals surface area contributed by atoms with Crippen molar-refractivity contribution < 1.29 is 14.3 Å². The van der Waals surface area contributed by atoms with Gasteiger partial charge in [0.05, 0.1) is 18.4 Å². The number of hydrogen-bond acceptors (Lipinski definition) is 7. The van der Waals surface area contributed by atoms with E-state index in [1.165, 1.54) is 0 Å². The number of fused-ring (bicyclic) bond motifs is 1. The summed E-state index contributed by atoms with van der Waals surface area (Å²) in [5, 5.41) is 9.20. The van der Waals surface area contributed by atoms with Gasteiger partial charge in [-0.25, -0.2) is 4.98 Å². The summed E-state index contributed by atoms with van der Waals surface area (Å²) in [4.78, 5) is 34.5. The second kappa shape index (κ2) is 11.7. The van der Waals surface area contributed by atoms with Crippen molar-refractivity contribution in [2.75, 3.05) is 46.1 Å². The zero-order chi connectivity index (χ0) is 28.2. The van der Waals surface area contributed by atoms with Crippen molar-refractivity contribution >= 4 is 28.4 Å². The summed E-state index contributed by atoms with van der Waals surface area (Å²) < 4.78 is 7.57. The van der Waals surface area contributed by atoms with Crippen LogP contribution in [-0.2, 0) is 7.05 Å². The molecule has 0 aliphatic carbocycles. The van der Waals surface area contributed by atoms with E-state index in [-0.39, 0.29) is 23.7 Å². The zero-order valence-electron chi connectivity index (χ0n) is 23.1. The topological polar surface area (TPSA) is 119 Å². The molecule has 5 rings (SSSR count). The first-order valence-corrected chi connectivity index (χ1v) is 13.4. The summed E-state index contributed by atoms with van der Waals surface area (Å²) in [7, 11) is 5.92. The first kappa shape index (κ1) is 27.1. The summed E-state index contributed by atoms with van der Waals surface area (Å²) in [6, 6.07) is 13.2. The normalized spacial score (nSPS) is 15.1. The molecule has 1 aliphatic rings. The van der Waals surface area contributed by atoms with Crippen LogP contribution in [0.5, 0.6) is 5.75 Å². The Labute approximate surface area is 233 Å². The Balaban J connectivity index is 1.20. The van der Waals surface area contributed by atoms with Crippen LogP contribution in [0.4, 0.5) is 5.82 Å². The van der Waals surface area contributed by atoms with E-state index in [4.69, 9.17) is 10.5 Å². The van der Waals surface area contributed by atoms with E-state index < -0.39 is 0 Å². The molecule has 3 heterocycles. The molecule has 1 atom stereocenters. The molecule has 1 aliphatic heterocycles. The number of aryl methyl sites for hydroxylation is 1. The number of benzene rings is 2.